The van der Waals surface area contributed by atoms with Crippen molar-refractivity contribution in [2.75, 3.05) is 0 Å². The van der Waals surface area contributed by atoms with Gasteiger partial charge in [-0.05, 0) is 158 Å². The number of Topliss-reactive ketones (excluding diaryl/α,β-unsaturated/α-hetero) is 1. The van der Waals surface area contributed by atoms with Crippen LogP contribution < -0.4 is 10.6 Å². The molecule has 0 spiro atoms. The average Bonchev–Trinajstić information content (AvgIpc) is 3.53. The number of rotatable bonds is 10. The molecule has 2 aromatic carbocycles. The van der Waals surface area contributed by atoms with E-state index in [0.29, 0.717) is 24.7 Å². The van der Waals surface area contributed by atoms with Crippen molar-refractivity contribution in [3.8, 4) is 0 Å². The van der Waals surface area contributed by atoms with Crippen LogP contribution in [0.15, 0.2) is 65.7 Å². The van der Waals surface area contributed by atoms with Crippen LogP contribution in [0.5, 0.6) is 0 Å². The Morgan fingerprint density at radius 3 is 2.08 bits per heavy atom. The van der Waals surface area contributed by atoms with Crippen LogP contribution in [0.3, 0.4) is 0 Å². The monoisotopic (exact) mass is 893 g/mol. The highest BCUT2D eigenvalue weighted by atomic mass is 19.1. The number of ether oxygens (including phenoxy) is 2. The van der Waals surface area contributed by atoms with Gasteiger partial charge in [-0.2, -0.15) is 0 Å². The first-order chi connectivity index (χ1) is 30.3. The Morgan fingerprint density at radius 2 is 1.43 bits per heavy atom. The molecule has 10 heteroatoms. The molecule has 9 nitrogen and oxygen atoms in total. The third-order valence-corrected chi connectivity index (χ3v) is 19.1. The minimum atomic E-state index is -1.31. The molecular formula is C55H73FN2O7. The van der Waals surface area contributed by atoms with Crippen LogP contribution in [0.1, 0.15) is 156 Å². The largest absolute Gasteiger partial charge is 0.462 e. The van der Waals surface area contributed by atoms with E-state index in [0.717, 1.165) is 61.7 Å². The predicted molar refractivity (Wildman–Crippen MR) is 247 cm³/mol. The number of fused-ring (bicyclic) bond motifs is 7. The lowest BCUT2D eigenvalue weighted by atomic mass is 9.33. The summed E-state index contributed by atoms with van der Waals surface area (Å²) in [4.78, 5) is 69.1. The number of allylic oxidation sites excluding steroid dienone is 1. The van der Waals surface area contributed by atoms with E-state index >= 15 is 0 Å². The van der Waals surface area contributed by atoms with E-state index in [2.05, 4.69) is 59.1 Å². The molecule has 0 aliphatic heterocycles. The molecule has 6 aliphatic carbocycles. The average molecular weight is 893 g/mol. The highest BCUT2D eigenvalue weighted by Gasteiger charge is 2.71. The van der Waals surface area contributed by atoms with E-state index in [1.165, 1.54) is 24.3 Å². The van der Waals surface area contributed by atoms with Crippen LogP contribution in [0.25, 0.3) is 0 Å². The van der Waals surface area contributed by atoms with E-state index in [9.17, 15) is 28.4 Å². The molecule has 2 aromatic rings. The third-order valence-electron chi connectivity index (χ3n) is 19.1. The summed E-state index contributed by atoms with van der Waals surface area (Å²) in [5, 5.41) is 6.29. The van der Waals surface area contributed by atoms with Gasteiger partial charge in [-0.3, -0.25) is 24.0 Å². The standard InChI is InChI=1S/C55H73FN2O7/c1-32(2)43-39(59)30-55(58-48(63)51(7,8)57-45(60)34-17-19-35(56)20-18-34)28-27-53(10)36(44(43)55)21-22-41-52(9)25-24-42(50(5,6)40(52)23-26-54(41,53)11)65-47(62)38-29-37(49(38,3)4)46(61)64-31-33-15-13-12-14-16-33/h12-20,32,36-38,40-42H,21-31H2,1-11H3,(H,57,60)(H,58,63)/t36-,37+,38-,40+,41-,42+,52?,53-,54-,55-/m1/s1. The van der Waals surface area contributed by atoms with Gasteiger partial charge in [0.1, 0.15) is 24.1 Å². The number of halogens is 1. The first kappa shape index (κ1) is 47.2. The number of hydrogen-bond acceptors (Lipinski definition) is 7. The van der Waals surface area contributed by atoms with Crippen molar-refractivity contribution in [2.45, 2.75) is 164 Å². The maximum absolute atomic E-state index is 14.4. The van der Waals surface area contributed by atoms with Crippen LogP contribution in [0, 0.1) is 68.4 Å². The minimum Gasteiger partial charge on any atom is -0.462 e. The fourth-order valence-electron chi connectivity index (χ4n) is 15.1. The van der Waals surface area contributed by atoms with Crippen LogP contribution in [-0.4, -0.2) is 46.7 Å². The van der Waals surface area contributed by atoms with Crippen molar-refractivity contribution < 1.29 is 37.8 Å². The van der Waals surface area contributed by atoms with Crippen LogP contribution in [0.2, 0.25) is 0 Å². The van der Waals surface area contributed by atoms with Gasteiger partial charge in [0.15, 0.2) is 5.78 Å². The molecule has 0 saturated heterocycles. The third kappa shape index (κ3) is 7.50. The predicted octanol–water partition coefficient (Wildman–Crippen LogP) is 10.5. The van der Waals surface area contributed by atoms with Crippen molar-refractivity contribution in [1.82, 2.24) is 10.6 Å². The van der Waals surface area contributed by atoms with Gasteiger partial charge in [-0.15, -0.1) is 0 Å². The Bertz CT molecular complexity index is 2280. The van der Waals surface area contributed by atoms with Gasteiger partial charge < -0.3 is 20.1 Å². The molecule has 5 fully saturated rings. The van der Waals surface area contributed by atoms with Crippen LogP contribution in [0.4, 0.5) is 4.39 Å². The van der Waals surface area contributed by atoms with E-state index in [1.54, 1.807) is 13.8 Å². The molecule has 1 unspecified atom stereocenters. The van der Waals surface area contributed by atoms with E-state index in [-0.39, 0.29) is 93.7 Å². The lowest BCUT2D eigenvalue weighted by Gasteiger charge is -2.72. The summed E-state index contributed by atoms with van der Waals surface area (Å²) in [6, 6.07) is 14.9. The maximum atomic E-state index is 14.4. The first-order valence-corrected chi connectivity index (χ1v) is 24.4. The molecule has 10 atom stereocenters. The first-order valence-electron chi connectivity index (χ1n) is 24.4. The number of ketones is 1. The van der Waals surface area contributed by atoms with Crippen LogP contribution in [-0.2, 0) is 35.3 Å². The van der Waals surface area contributed by atoms with Gasteiger partial charge in [0.2, 0.25) is 5.91 Å². The highest BCUT2D eigenvalue weighted by Crippen LogP contribution is 2.76. The minimum absolute atomic E-state index is 0.00694. The van der Waals surface area contributed by atoms with E-state index in [4.69, 9.17) is 9.47 Å². The molecule has 0 radical (unpaired) electrons. The smallest absolute Gasteiger partial charge is 0.309 e. The van der Waals surface area contributed by atoms with Gasteiger partial charge in [0.25, 0.3) is 5.91 Å². The molecule has 8 rings (SSSR count). The zero-order valence-corrected chi connectivity index (χ0v) is 40.8. The normalized spacial score (nSPS) is 35.7. The number of nitrogens with one attached hydrogen (secondary N) is 2. The maximum Gasteiger partial charge on any atom is 0.309 e. The fraction of sp³-hybridized carbons (Fsp3) is 0.655. The molecule has 65 heavy (non-hydrogen) atoms. The van der Waals surface area contributed by atoms with Crippen molar-refractivity contribution in [2.24, 2.45) is 62.6 Å². The molecule has 0 aromatic heterocycles. The van der Waals surface area contributed by atoms with Gasteiger partial charge in [-0.1, -0.05) is 92.6 Å². The van der Waals surface area contributed by atoms with Gasteiger partial charge >= 0.3 is 11.9 Å². The summed E-state index contributed by atoms with van der Waals surface area (Å²) in [6.07, 6.45) is 7.64. The second-order valence-electron chi connectivity index (χ2n) is 23.9. The van der Waals surface area contributed by atoms with E-state index in [1.807, 2.05) is 44.2 Å². The highest BCUT2D eigenvalue weighted by molar-refractivity contribution is 6.03. The van der Waals surface area contributed by atoms with Gasteiger partial charge in [0.05, 0.1) is 17.4 Å². The van der Waals surface area contributed by atoms with Crippen molar-refractivity contribution in [3.05, 3.63) is 82.7 Å². The molecule has 2 N–H and O–H groups in total. The van der Waals surface area contributed by atoms with Crippen molar-refractivity contribution in [3.63, 3.8) is 0 Å². The summed E-state index contributed by atoms with van der Waals surface area (Å²) in [5.41, 5.74) is 0.0469. The summed E-state index contributed by atoms with van der Waals surface area (Å²) < 4.78 is 25.9. The summed E-state index contributed by atoms with van der Waals surface area (Å²) in [7, 11) is 0. The number of amides is 2. The molecule has 6 aliphatic rings. The Morgan fingerprint density at radius 1 is 0.769 bits per heavy atom. The molecule has 0 bridgehead atoms. The van der Waals surface area contributed by atoms with Crippen LogP contribution >= 0.6 is 0 Å². The summed E-state index contributed by atoms with van der Waals surface area (Å²) in [5.74, 6) is -1.49. The van der Waals surface area contributed by atoms with Crippen molar-refractivity contribution in [1.29, 1.82) is 0 Å². The lowest BCUT2D eigenvalue weighted by molar-refractivity contribution is -0.235. The second kappa shape index (κ2) is 16.2. The quantitative estimate of drug-likeness (QED) is 0.227. The number of carbonyl (C=O) groups excluding carboxylic acids is 5. The van der Waals surface area contributed by atoms with Crippen molar-refractivity contribution >= 4 is 29.5 Å². The number of carbonyl (C=O) groups is 5. The Hall–Kier alpha value is -4.34. The van der Waals surface area contributed by atoms with Gasteiger partial charge in [-0.25, -0.2) is 4.39 Å². The van der Waals surface area contributed by atoms with E-state index < -0.39 is 28.2 Å². The molecule has 2 amide bonds. The second-order valence-corrected chi connectivity index (χ2v) is 23.9. The summed E-state index contributed by atoms with van der Waals surface area (Å²) in [6.45, 7) is 23.9. The number of benzene rings is 2. The SMILES string of the molecule is CC(C)C1=C2[C@H]3CC[C@@H]4C5(C)CC[C@H](OC(=O)[C@H]6C[C@@H](C(=O)OCc7ccccc7)C6(C)C)C(C)(C)[C@@H]5CC[C@@]4(C)[C@]3(C)CC[C@@]2(NC(=O)C(C)(C)NC(=O)c2ccc(F)cc2)CC1=O. The van der Waals surface area contributed by atoms with Gasteiger partial charge in [0, 0.05) is 17.4 Å². The summed E-state index contributed by atoms with van der Waals surface area (Å²) >= 11 is 0. The molecule has 5 saturated carbocycles. The molecule has 0 heterocycles. The zero-order chi connectivity index (χ0) is 47.3. The number of hydrogen-bond donors (Lipinski definition) is 2. The Kier molecular flexibility index (Phi) is 11.7. The lowest BCUT2D eigenvalue weighted by Crippen LogP contribution is -2.68. The Labute approximate surface area is 386 Å². The molecule has 352 valence electrons. The molecular weight excluding hydrogens is 820 g/mol. The fourth-order valence-corrected chi connectivity index (χ4v) is 15.1. The Balaban J connectivity index is 0.980. The topological polar surface area (TPSA) is 128 Å². The zero-order valence-electron chi connectivity index (χ0n) is 40.8. The number of esters is 2.